The second-order valence-corrected chi connectivity index (χ2v) is 6.34. The molecule has 146 valence electrons. The molecule has 0 bridgehead atoms. The van der Waals surface area contributed by atoms with E-state index in [1.165, 1.54) is 6.33 Å². The van der Waals surface area contributed by atoms with E-state index in [4.69, 9.17) is 0 Å². The number of nitrogens with zero attached hydrogens (tertiary/aromatic N) is 4. The van der Waals surface area contributed by atoms with Crippen LogP contribution in [0.4, 0.5) is 0 Å². The number of benzene rings is 2. The van der Waals surface area contributed by atoms with Crippen LogP contribution >= 0.6 is 0 Å². The molecule has 1 atom stereocenters. The van der Waals surface area contributed by atoms with Crippen LogP contribution in [0.1, 0.15) is 30.6 Å². The molecule has 3 aromatic rings. The van der Waals surface area contributed by atoms with Crippen LogP contribution < -0.4 is 10.6 Å². The summed E-state index contributed by atoms with van der Waals surface area (Å²) in [7, 11) is 0. The van der Waals surface area contributed by atoms with E-state index in [-0.39, 0.29) is 0 Å². The molecular formula is C21H26N6O. The molecule has 1 heterocycles. The van der Waals surface area contributed by atoms with Crippen LogP contribution in [0, 0.1) is 0 Å². The molecule has 0 fully saturated rings. The van der Waals surface area contributed by atoms with Crippen LogP contribution in [-0.2, 0) is 6.54 Å². The largest absolute Gasteiger partial charge is 0.388 e. The van der Waals surface area contributed by atoms with Gasteiger partial charge < -0.3 is 15.7 Å². The standard InChI is InChI=1S/C21H26N6O/c1-2-23-21(24-13-12-20(28)18-6-4-3-5-7-18)25-14-17-8-10-19(11-9-17)27-16-22-15-26-27/h3-11,15-16,20,28H,2,12-14H2,1H3,(H2,23,24,25). The molecule has 0 saturated heterocycles. The molecule has 28 heavy (non-hydrogen) atoms. The van der Waals surface area contributed by atoms with Crippen LogP contribution in [-0.4, -0.2) is 38.9 Å². The summed E-state index contributed by atoms with van der Waals surface area (Å²) in [5.41, 5.74) is 2.99. The Morgan fingerprint density at radius 3 is 2.57 bits per heavy atom. The Kier molecular flexibility index (Phi) is 7.14. The van der Waals surface area contributed by atoms with E-state index in [0.29, 0.717) is 19.5 Å². The van der Waals surface area contributed by atoms with Gasteiger partial charge in [-0.3, -0.25) is 0 Å². The topological polar surface area (TPSA) is 87.4 Å². The highest BCUT2D eigenvalue weighted by Crippen LogP contribution is 2.14. The number of nitrogens with one attached hydrogen (secondary N) is 2. The Morgan fingerprint density at radius 2 is 1.89 bits per heavy atom. The third-order valence-electron chi connectivity index (χ3n) is 4.28. The van der Waals surface area contributed by atoms with Gasteiger partial charge in [-0.1, -0.05) is 42.5 Å². The molecule has 3 N–H and O–H groups in total. The molecule has 1 unspecified atom stereocenters. The van der Waals surface area contributed by atoms with Gasteiger partial charge in [-0.05, 0) is 36.6 Å². The number of aliphatic imine (C=N–C) groups is 1. The van der Waals surface area contributed by atoms with E-state index >= 15 is 0 Å². The molecule has 0 spiro atoms. The van der Waals surface area contributed by atoms with Gasteiger partial charge in [0.25, 0.3) is 0 Å². The van der Waals surface area contributed by atoms with Gasteiger partial charge in [0.15, 0.2) is 5.96 Å². The molecule has 0 radical (unpaired) electrons. The normalized spacial score (nSPS) is 12.6. The van der Waals surface area contributed by atoms with Crippen molar-refractivity contribution in [2.24, 2.45) is 4.99 Å². The number of aliphatic hydroxyl groups excluding tert-OH is 1. The van der Waals surface area contributed by atoms with Gasteiger partial charge in [0.2, 0.25) is 0 Å². The summed E-state index contributed by atoms with van der Waals surface area (Å²) in [6.07, 6.45) is 3.31. The molecule has 7 heteroatoms. The van der Waals surface area contributed by atoms with E-state index in [9.17, 15) is 5.11 Å². The Balaban J connectivity index is 1.52. The number of hydrogen-bond acceptors (Lipinski definition) is 4. The molecule has 0 saturated carbocycles. The summed E-state index contributed by atoms with van der Waals surface area (Å²) in [4.78, 5) is 8.58. The monoisotopic (exact) mass is 378 g/mol. The highest BCUT2D eigenvalue weighted by molar-refractivity contribution is 5.79. The average Bonchev–Trinajstić information content (AvgIpc) is 3.28. The first-order chi connectivity index (χ1) is 13.8. The minimum absolute atomic E-state index is 0.485. The molecule has 1 aromatic heterocycles. The van der Waals surface area contributed by atoms with Crippen molar-refractivity contribution < 1.29 is 5.11 Å². The van der Waals surface area contributed by atoms with E-state index in [0.717, 1.165) is 29.3 Å². The van der Waals surface area contributed by atoms with Gasteiger partial charge >= 0.3 is 0 Å². The van der Waals surface area contributed by atoms with Crippen molar-refractivity contribution in [2.75, 3.05) is 13.1 Å². The van der Waals surface area contributed by atoms with Gasteiger partial charge in [-0.25, -0.2) is 14.7 Å². The smallest absolute Gasteiger partial charge is 0.191 e. The Labute approximate surface area is 165 Å². The molecule has 0 aliphatic rings. The van der Waals surface area contributed by atoms with Crippen molar-refractivity contribution >= 4 is 5.96 Å². The summed E-state index contributed by atoms with van der Waals surface area (Å²) in [5.74, 6) is 0.739. The van der Waals surface area contributed by atoms with E-state index in [2.05, 4.69) is 25.7 Å². The lowest BCUT2D eigenvalue weighted by Crippen LogP contribution is -2.38. The van der Waals surface area contributed by atoms with Gasteiger partial charge in [-0.15, -0.1) is 0 Å². The maximum Gasteiger partial charge on any atom is 0.191 e. The van der Waals surface area contributed by atoms with Gasteiger partial charge in [0, 0.05) is 13.1 Å². The van der Waals surface area contributed by atoms with Crippen LogP contribution in [0.3, 0.4) is 0 Å². The second kappa shape index (κ2) is 10.2. The van der Waals surface area contributed by atoms with E-state index in [1.54, 1.807) is 11.0 Å². The highest BCUT2D eigenvalue weighted by atomic mass is 16.3. The van der Waals surface area contributed by atoms with Crippen molar-refractivity contribution in [3.05, 3.63) is 78.4 Å². The third kappa shape index (κ3) is 5.65. The zero-order valence-corrected chi connectivity index (χ0v) is 16.0. The average molecular weight is 378 g/mol. The number of aliphatic hydroxyl groups is 1. The molecule has 7 nitrogen and oxygen atoms in total. The number of hydrogen-bond donors (Lipinski definition) is 3. The first kappa shape index (κ1) is 19.6. The predicted molar refractivity (Wildman–Crippen MR) is 110 cm³/mol. The van der Waals surface area contributed by atoms with Crippen molar-refractivity contribution in [2.45, 2.75) is 26.0 Å². The zero-order valence-electron chi connectivity index (χ0n) is 16.0. The quantitative estimate of drug-likeness (QED) is 0.414. The summed E-state index contributed by atoms with van der Waals surface area (Å²) in [5, 5.41) is 20.9. The second-order valence-electron chi connectivity index (χ2n) is 6.34. The zero-order chi connectivity index (χ0) is 19.6. The maximum atomic E-state index is 10.3. The molecule has 0 aliphatic heterocycles. The molecular weight excluding hydrogens is 352 g/mol. The van der Waals surface area contributed by atoms with Crippen molar-refractivity contribution in [3.8, 4) is 5.69 Å². The Bertz CT molecular complexity index is 846. The SMILES string of the molecule is CCNC(=NCc1ccc(-n2cncn2)cc1)NCCC(O)c1ccccc1. The van der Waals surface area contributed by atoms with Crippen LogP contribution in [0.15, 0.2) is 72.2 Å². The minimum Gasteiger partial charge on any atom is -0.388 e. The lowest BCUT2D eigenvalue weighted by atomic mass is 10.1. The predicted octanol–water partition coefficient (Wildman–Crippen LogP) is 2.45. The summed E-state index contributed by atoms with van der Waals surface area (Å²) in [6, 6.07) is 17.7. The lowest BCUT2D eigenvalue weighted by Gasteiger charge is -2.14. The number of guanidine groups is 1. The number of rotatable bonds is 8. The van der Waals surface area contributed by atoms with Gasteiger partial charge in [0.05, 0.1) is 18.3 Å². The maximum absolute atomic E-state index is 10.3. The van der Waals surface area contributed by atoms with Crippen LogP contribution in [0.2, 0.25) is 0 Å². The third-order valence-corrected chi connectivity index (χ3v) is 4.28. The molecule has 0 amide bonds. The Hall–Kier alpha value is -3.19. The first-order valence-corrected chi connectivity index (χ1v) is 9.45. The van der Waals surface area contributed by atoms with Crippen molar-refractivity contribution in [1.82, 2.24) is 25.4 Å². The lowest BCUT2D eigenvalue weighted by molar-refractivity contribution is 0.168. The van der Waals surface area contributed by atoms with E-state index in [1.807, 2.05) is 61.5 Å². The van der Waals surface area contributed by atoms with Gasteiger partial charge in [0.1, 0.15) is 12.7 Å². The summed E-state index contributed by atoms with van der Waals surface area (Å²) >= 11 is 0. The number of aromatic nitrogens is 3. The highest BCUT2D eigenvalue weighted by Gasteiger charge is 2.07. The molecule has 2 aromatic carbocycles. The minimum atomic E-state index is -0.485. The van der Waals surface area contributed by atoms with Crippen molar-refractivity contribution in [3.63, 3.8) is 0 Å². The molecule has 3 rings (SSSR count). The van der Waals surface area contributed by atoms with Crippen molar-refractivity contribution in [1.29, 1.82) is 0 Å². The van der Waals surface area contributed by atoms with Gasteiger partial charge in [-0.2, -0.15) is 5.10 Å². The first-order valence-electron chi connectivity index (χ1n) is 9.45. The summed E-state index contributed by atoms with van der Waals surface area (Å²) < 4.78 is 1.72. The Morgan fingerprint density at radius 1 is 1.11 bits per heavy atom. The fourth-order valence-electron chi connectivity index (χ4n) is 2.78. The van der Waals surface area contributed by atoms with E-state index < -0.39 is 6.10 Å². The fourth-order valence-corrected chi connectivity index (χ4v) is 2.78. The molecule has 0 aliphatic carbocycles. The fraction of sp³-hybridized carbons (Fsp3) is 0.286. The summed E-state index contributed by atoms with van der Waals surface area (Å²) in [6.45, 7) is 4.00. The van der Waals surface area contributed by atoms with Crippen LogP contribution in [0.25, 0.3) is 5.69 Å². The van der Waals surface area contributed by atoms with Crippen LogP contribution in [0.5, 0.6) is 0 Å².